The lowest BCUT2D eigenvalue weighted by Gasteiger charge is -2.10. The Hall–Kier alpha value is -1.52. The topological polar surface area (TPSA) is 47.0 Å². The van der Waals surface area contributed by atoms with Gasteiger partial charge in [0.25, 0.3) is 0 Å². The summed E-state index contributed by atoms with van der Waals surface area (Å²) in [5.74, 6) is 0.916. The van der Waals surface area contributed by atoms with Gasteiger partial charge in [-0.2, -0.15) is 0 Å². The average molecular weight is 270 g/mol. The number of hydrogen-bond donors (Lipinski definition) is 1. The van der Waals surface area contributed by atoms with E-state index < -0.39 is 0 Å². The Morgan fingerprint density at radius 3 is 2.47 bits per heavy atom. The monoisotopic (exact) mass is 269 g/mol. The van der Waals surface area contributed by atoms with E-state index in [-0.39, 0.29) is 5.15 Å². The Bertz CT molecular complexity index is 517. The van der Waals surface area contributed by atoms with Crippen LogP contribution in [0.25, 0.3) is 0 Å². The largest absolute Gasteiger partial charge is 0.490 e. The van der Waals surface area contributed by atoms with Crippen molar-refractivity contribution in [3.63, 3.8) is 0 Å². The number of hydrogen-bond acceptors (Lipinski definition) is 4. The fourth-order valence-corrected chi connectivity index (χ4v) is 1.63. The molecule has 4 nitrogen and oxygen atoms in total. The first-order chi connectivity index (χ1) is 8.20. The van der Waals surface area contributed by atoms with Gasteiger partial charge < -0.3 is 10.1 Å². The smallest absolute Gasteiger partial charge is 0.199 e. The maximum absolute atomic E-state index is 5.88. The van der Waals surface area contributed by atoms with Crippen molar-refractivity contribution in [2.24, 2.45) is 0 Å². The third-order valence-electron chi connectivity index (χ3n) is 2.07. The molecule has 0 aliphatic carbocycles. The van der Waals surface area contributed by atoms with Gasteiger partial charge in [-0.3, -0.25) is 0 Å². The van der Waals surface area contributed by atoms with Crippen molar-refractivity contribution in [3.8, 4) is 5.75 Å². The maximum atomic E-state index is 5.88. The number of rotatable bonds is 3. The second-order valence-corrected chi connectivity index (χ2v) is 3.97. The molecule has 1 aromatic heterocycles. The predicted octanol–water partition coefficient (Wildman–Crippen LogP) is 3.54. The van der Waals surface area contributed by atoms with E-state index in [0.29, 0.717) is 16.6 Å². The summed E-state index contributed by atoms with van der Waals surface area (Å²) in [7, 11) is 1.51. The van der Waals surface area contributed by atoms with Crippen LogP contribution >= 0.6 is 23.2 Å². The van der Waals surface area contributed by atoms with E-state index in [0.717, 1.165) is 5.69 Å². The minimum atomic E-state index is 0.263. The van der Waals surface area contributed by atoms with E-state index in [2.05, 4.69) is 15.3 Å². The predicted molar refractivity (Wildman–Crippen MR) is 68.3 cm³/mol. The van der Waals surface area contributed by atoms with Crippen LogP contribution in [-0.4, -0.2) is 17.1 Å². The van der Waals surface area contributed by atoms with Crippen molar-refractivity contribution in [2.75, 3.05) is 12.4 Å². The molecule has 0 aliphatic heterocycles. The lowest BCUT2D eigenvalue weighted by Crippen LogP contribution is -1.99. The summed E-state index contributed by atoms with van der Waals surface area (Å²) in [6.07, 6.45) is 1.36. The molecule has 0 bridgehead atoms. The minimum Gasteiger partial charge on any atom is -0.490 e. The van der Waals surface area contributed by atoms with Crippen molar-refractivity contribution < 1.29 is 4.74 Å². The molecule has 17 heavy (non-hydrogen) atoms. The lowest BCUT2D eigenvalue weighted by molar-refractivity contribution is 0.413. The van der Waals surface area contributed by atoms with Crippen LogP contribution < -0.4 is 10.1 Å². The summed E-state index contributed by atoms with van der Waals surface area (Å²) < 4.78 is 5.13. The average Bonchev–Trinajstić information content (AvgIpc) is 2.32. The third kappa shape index (κ3) is 2.78. The number of halogens is 2. The highest BCUT2D eigenvalue weighted by atomic mass is 35.5. The highest BCUT2D eigenvalue weighted by molar-refractivity contribution is 6.31. The molecule has 0 atom stereocenters. The highest BCUT2D eigenvalue weighted by Gasteiger charge is 2.10. The third-order valence-corrected chi connectivity index (χ3v) is 2.59. The molecular weight excluding hydrogens is 261 g/mol. The van der Waals surface area contributed by atoms with Gasteiger partial charge in [0.05, 0.1) is 7.11 Å². The Labute approximate surface area is 109 Å². The van der Waals surface area contributed by atoms with Crippen LogP contribution in [0.2, 0.25) is 10.2 Å². The molecular formula is C11H9Cl2N3O. The van der Waals surface area contributed by atoms with Gasteiger partial charge in [-0.15, -0.1) is 0 Å². The standard InChI is InChI=1S/C11H9Cl2N3O/c1-17-9-10(13)14-6-15-11(9)16-8-4-2-7(12)3-5-8/h2-6H,1H3,(H,14,15,16). The fourth-order valence-electron chi connectivity index (χ4n) is 1.29. The number of benzene rings is 1. The summed E-state index contributed by atoms with van der Waals surface area (Å²) in [5, 5.41) is 4.00. The van der Waals surface area contributed by atoms with E-state index in [1.165, 1.54) is 13.4 Å². The second kappa shape index (κ2) is 5.21. The van der Waals surface area contributed by atoms with Crippen LogP contribution in [0.3, 0.4) is 0 Å². The van der Waals surface area contributed by atoms with Crippen molar-refractivity contribution in [3.05, 3.63) is 40.8 Å². The SMILES string of the molecule is COc1c(Cl)ncnc1Nc1ccc(Cl)cc1. The van der Waals surface area contributed by atoms with Crippen LogP contribution in [0, 0.1) is 0 Å². The van der Waals surface area contributed by atoms with Gasteiger partial charge in [0, 0.05) is 10.7 Å². The quantitative estimate of drug-likeness (QED) is 0.866. The van der Waals surface area contributed by atoms with Gasteiger partial charge in [0.1, 0.15) is 6.33 Å². The summed E-state index contributed by atoms with van der Waals surface area (Å²) in [5.41, 5.74) is 0.836. The van der Waals surface area contributed by atoms with Crippen molar-refractivity contribution in [1.29, 1.82) is 0 Å². The molecule has 0 radical (unpaired) electrons. The number of nitrogens with zero attached hydrogens (tertiary/aromatic N) is 2. The van der Waals surface area contributed by atoms with Crippen molar-refractivity contribution in [2.45, 2.75) is 0 Å². The number of ether oxygens (including phenoxy) is 1. The summed E-state index contributed by atoms with van der Waals surface area (Å²) in [4.78, 5) is 7.90. The van der Waals surface area contributed by atoms with E-state index in [1.54, 1.807) is 12.1 Å². The first-order valence-electron chi connectivity index (χ1n) is 4.78. The lowest BCUT2D eigenvalue weighted by atomic mass is 10.3. The molecule has 0 saturated heterocycles. The molecule has 2 aromatic rings. The molecule has 1 N–H and O–H groups in total. The van der Waals surface area contributed by atoms with Crippen molar-refractivity contribution in [1.82, 2.24) is 9.97 Å². The summed E-state index contributed by atoms with van der Waals surface area (Å²) in [6, 6.07) is 7.22. The Morgan fingerprint density at radius 2 is 1.82 bits per heavy atom. The van der Waals surface area contributed by atoms with E-state index >= 15 is 0 Å². The van der Waals surface area contributed by atoms with Gasteiger partial charge in [-0.25, -0.2) is 9.97 Å². The zero-order valence-corrected chi connectivity index (χ0v) is 10.5. The van der Waals surface area contributed by atoms with Crippen LogP contribution in [-0.2, 0) is 0 Å². The molecule has 0 fully saturated rings. The molecule has 0 saturated carbocycles. The van der Waals surface area contributed by atoms with E-state index in [4.69, 9.17) is 27.9 Å². The molecule has 1 aromatic carbocycles. The van der Waals surface area contributed by atoms with Gasteiger partial charge in [0.2, 0.25) is 0 Å². The zero-order valence-electron chi connectivity index (χ0n) is 8.95. The number of aromatic nitrogens is 2. The molecule has 2 rings (SSSR count). The first kappa shape index (κ1) is 12.0. The van der Waals surface area contributed by atoms with Crippen LogP contribution in [0.4, 0.5) is 11.5 Å². The Kier molecular flexibility index (Phi) is 3.66. The first-order valence-corrected chi connectivity index (χ1v) is 5.53. The van der Waals surface area contributed by atoms with Crippen LogP contribution in [0.15, 0.2) is 30.6 Å². The molecule has 0 spiro atoms. The minimum absolute atomic E-state index is 0.263. The number of methoxy groups -OCH3 is 1. The highest BCUT2D eigenvalue weighted by Crippen LogP contribution is 2.30. The number of anilines is 2. The maximum Gasteiger partial charge on any atom is 0.199 e. The van der Waals surface area contributed by atoms with Crippen LogP contribution in [0.1, 0.15) is 0 Å². The molecule has 0 unspecified atom stereocenters. The van der Waals surface area contributed by atoms with Gasteiger partial charge >= 0.3 is 0 Å². The fraction of sp³-hybridized carbons (Fsp3) is 0.0909. The van der Waals surface area contributed by atoms with Crippen LogP contribution in [0.5, 0.6) is 5.75 Å². The molecule has 6 heteroatoms. The Morgan fingerprint density at radius 1 is 1.12 bits per heavy atom. The van der Waals surface area contributed by atoms with Gasteiger partial charge in [-0.05, 0) is 24.3 Å². The second-order valence-electron chi connectivity index (χ2n) is 3.18. The summed E-state index contributed by atoms with van der Waals surface area (Å²) >= 11 is 11.7. The molecule has 0 aliphatic rings. The number of nitrogens with one attached hydrogen (secondary N) is 1. The normalized spacial score (nSPS) is 10.1. The van der Waals surface area contributed by atoms with E-state index in [1.807, 2.05) is 12.1 Å². The molecule has 0 amide bonds. The van der Waals surface area contributed by atoms with Gasteiger partial charge in [0.15, 0.2) is 16.7 Å². The molecule has 1 heterocycles. The van der Waals surface area contributed by atoms with Crippen molar-refractivity contribution >= 4 is 34.7 Å². The van der Waals surface area contributed by atoms with Gasteiger partial charge in [-0.1, -0.05) is 23.2 Å². The molecule has 88 valence electrons. The van der Waals surface area contributed by atoms with E-state index in [9.17, 15) is 0 Å². The zero-order chi connectivity index (χ0) is 12.3. The Balaban J connectivity index is 2.29. The summed E-state index contributed by atoms with van der Waals surface area (Å²) in [6.45, 7) is 0.